The van der Waals surface area contributed by atoms with E-state index in [9.17, 15) is 4.79 Å². The van der Waals surface area contributed by atoms with Crippen molar-refractivity contribution >= 4 is 34.4 Å². The summed E-state index contributed by atoms with van der Waals surface area (Å²) in [6.07, 6.45) is 2.03. The van der Waals surface area contributed by atoms with Gasteiger partial charge in [-0.2, -0.15) is 0 Å². The van der Waals surface area contributed by atoms with Gasteiger partial charge < -0.3 is 5.32 Å². The van der Waals surface area contributed by atoms with Gasteiger partial charge >= 0.3 is 0 Å². The molecule has 0 bridgehead atoms. The summed E-state index contributed by atoms with van der Waals surface area (Å²) < 4.78 is 1.86. The SMILES string of the molecule is CSc1ccc(NC(=O)c2ccc(Cn3nnc4ccccc43)cc2)cc1. The molecule has 0 aliphatic rings. The van der Waals surface area contributed by atoms with Crippen LogP contribution in [-0.4, -0.2) is 27.2 Å². The molecule has 0 saturated carbocycles. The predicted octanol–water partition coefficient (Wildman–Crippen LogP) is 4.45. The maximum Gasteiger partial charge on any atom is 0.255 e. The van der Waals surface area contributed by atoms with Crippen LogP contribution in [0.25, 0.3) is 11.0 Å². The van der Waals surface area contributed by atoms with Crippen LogP contribution in [0.4, 0.5) is 5.69 Å². The van der Waals surface area contributed by atoms with E-state index in [1.54, 1.807) is 11.8 Å². The molecule has 134 valence electrons. The van der Waals surface area contributed by atoms with Gasteiger partial charge in [0, 0.05) is 16.1 Å². The second kappa shape index (κ2) is 7.63. The molecule has 1 heterocycles. The summed E-state index contributed by atoms with van der Waals surface area (Å²) in [4.78, 5) is 13.6. The van der Waals surface area contributed by atoms with Gasteiger partial charge in [-0.1, -0.05) is 29.5 Å². The summed E-state index contributed by atoms with van der Waals surface area (Å²) >= 11 is 1.67. The number of fused-ring (bicyclic) bond motifs is 1. The highest BCUT2D eigenvalue weighted by Gasteiger charge is 2.08. The first kappa shape index (κ1) is 17.3. The Bertz CT molecular complexity index is 1070. The van der Waals surface area contributed by atoms with Gasteiger partial charge in [-0.25, -0.2) is 4.68 Å². The molecular formula is C21H18N4OS. The quantitative estimate of drug-likeness (QED) is 0.524. The third-order valence-electron chi connectivity index (χ3n) is 4.32. The minimum Gasteiger partial charge on any atom is -0.322 e. The van der Waals surface area contributed by atoms with Crippen LogP contribution in [0.3, 0.4) is 0 Å². The normalized spacial score (nSPS) is 10.9. The molecular weight excluding hydrogens is 356 g/mol. The summed E-state index contributed by atoms with van der Waals surface area (Å²) in [5.41, 5.74) is 4.34. The summed E-state index contributed by atoms with van der Waals surface area (Å²) in [5.74, 6) is -0.121. The van der Waals surface area contributed by atoms with Gasteiger partial charge in [-0.3, -0.25) is 4.79 Å². The molecule has 0 aliphatic heterocycles. The second-order valence-corrected chi connectivity index (χ2v) is 7.00. The second-order valence-electron chi connectivity index (χ2n) is 6.12. The van der Waals surface area contributed by atoms with E-state index in [4.69, 9.17) is 0 Å². The van der Waals surface area contributed by atoms with E-state index in [2.05, 4.69) is 15.6 Å². The third kappa shape index (κ3) is 3.85. The standard InChI is InChI=1S/C21H18N4OS/c1-27-18-12-10-17(11-13-18)22-21(26)16-8-6-15(7-9-16)14-25-20-5-3-2-4-19(20)23-24-25/h2-13H,14H2,1H3,(H,22,26). The number of para-hydroxylation sites is 1. The Kier molecular flexibility index (Phi) is 4.89. The van der Waals surface area contributed by atoms with Crippen molar-refractivity contribution < 1.29 is 4.79 Å². The number of nitrogens with one attached hydrogen (secondary N) is 1. The summed E-state index contributed by atoms with van der Waals surface area (Å²) in [7, 11) is 0. The predicted molar refractivity (Wildman–Crippen MR) is 109 cm³/mol. The lowest BCUT2D eigenvalue weighted by molar-refractivity contribution is 0.102. The van der Waals surface area contributed by atoms with Crippen molar-refractivity contribution in [1.82, 2.24) is 15.0 Å². The Balaban J connectivity index is 1.45. The zero-order valence-corrected chi connectivity index (χ0v) is 15.6. The van der Waals surface area contributed by atoms with Crippen LogP contribution in [0.15, 0.2) is 77.7 Å². The van der Waals surface area contributed by atoms with E-state index < -0.39 is 0 Å². The smallest absolute Gasteiger partial charge is 0.255 e. The highest BCUT2D eigenvalue weighted by molar-refractivity contribution is 7.98. The number of aromatic nitrogens is 3. The molecule has 27 heavy (non-hydrogen) atoms. The van der Waals surface area contributed by atoms with Crippen molar-refractivity contribution in [2.24, 2.45) is 0 Å². The van der Waals surface area contributed by atoms with Crippen LogP contribution in [0.5, 0.6) is 0 Å². The number of carbonyl (C=O) groups excluding carboxylic acids is 1. The van der Waals surface area contributed by atoms with Crippen LogP contribution < -0.4 is 5.32 Å². The van der Waals surface area contributed by atoms with Crippen LogP contribution in [0.1, 0.15) is 15.9 Å². The molecule has 4 rings (SSSR count). The molecule has 4 aromatic rings. The third-order valence-corrected chi connectivity index (χ3v) is 5.06. The lowest BCUT2D eigenvalue weighted by Gasteiger charge is -2.07. The van der Waals surface area contributed by atoms with Crippen molar-refractivity contribution in [3.05, 3.63) is 83.9 Å². The number of nitrogens with zero attached hydrogens (tertiary/aromatic N) is 3. The Labute approximate surface area is 161 Å². The minimum atomic E-state index is -0.121. The van der Waals surface area contributed by atoms with Gasteiger partial charge in [0.2, 0.25) is 0 Å². The van der Waals surface area contributed by atoms with Crippen molar-refractivity contribution in [3.8, 4) is 0 Å². The number of carbonyl (C=O) groups is 1. The van der Waals surface area contributed by atoms with Crippen LogP contribution in [0, 0.1) is 0 Å². The summed E-state index contributed by atoms with van der Waals surface area (Å²) in [6.45, 7) is 0.610. The van der Waals surface area contributed by atoms with Gasteiger partial charge in [0.05, 0.1) is 12.1 Å². The molecule has 0 fully saturated rings. The van der Waals surface area contributed by atoms with E-state index in [1.165, 1.54) is 0 Å². The van der Waals surface area contributed by atoms with Crippen molar-refractivity contribution in [2.45, 2.75) is 11.4 Å². The van der Waals surface area contributed by atoms with Crippen LogP contribution in [-0.2, 0) is 6.54 Å². The van der Waals surface area contributed by atoms with E-state index >= 15 is 0 Å². The highest BCUT2D eigenvalue weighted by atomic mass is 32.2. The van der Waals surface area contributed by atoms with E-state index in [-0.39, 0.29) is 5.91 Å². The molecule has 5 nitrogen and oxygen atoms in total. The van der Waals surface area contributed by atoms with Crippen LogP contribution in [0.2, 0.25) is 0 Å². The number of rotatable bonds is 5. The zero-order chi connectivity index (χ0) is 18.6. The monoisotopic (exact) mass is 374 g/mol. The molecule has 1 aromatic heterocycles. The fraction of sp³-hybridized carbons (Fsp3) is 0.0952. The number of amides is 1. The average molecular weight is 374 g/mol. The topological polar surface area (TPSA) is 59.8 Å². The molecule has 1 N–H and O–H groups in total. The first-order chi connectivity index (χ1) is 13.2. The summed E-state index contributed by atoms with van der Waals surface area (Å²) in [6, 6.07) is 23.2. The minimum absolute atomic E-state index is 0.121. The molecule has 0 radical (unpaired) electrons. The number of thioether (sulfide) groups is 1. The fourth-order valence-electron chi connectivity index (χ4n) is 2.85. The average Bonchev–Trinajstić information content (AvgIpc) is 3.12. The Morgan fingerprint density at radius 3 is 2.48 bits per heavy atom. The van der Waals surface area contributed by atoms with Crippen molar-refractivity contribution in [2.75, 3.05) is 11.6 Å². The van der Waals surface area contributed by atoms with Crippen molar-refractivity contribution in [3.63, 3.8) is 0 Å². The van der Waals surface area contributed by atoms with Gasteiger partial charge in [0.1, 0.15) is 5.52 Å². The number of hydrogen-bond donors (Lipinski definition) is 1. The molecule has 0 unspecified atom stereocenters. The van der Waals surface area contributed by atoms with Crippen LogP contribution >= 0.6 is 11.8 Å². The fourth-order valence-corrected chi connectivity index (χ4v) is 3.25. The Morgan fingerprint density at radius 2 is 1.74 bits per heavy atom. The van der Waals surface area contributed by atoms with E-state index in [1.807, 2.05) is 83.7 Å². The first-order valence-corrected chi connectivity index (χ1v) is 9.78. The van der Waals surface area contributed by atoms with E-state index in [0.717, 1.165) is 27.2 Å². The lowest BCUT2D eigenvalue weighted by Crippen LogP contribution is -2.12. The first-order valence-electron chi connectivity index (χ1n) is 8.55. The van der Waals surface area contributed by atoms with Gasteiger partial charge in [0.25, 0.3) is 5.91 Å². The molecule has 0 spiro atoms. The van der Waals surface area contributed by atoms with Crippen molar-refractivity contribution in [1.29, 1.82) is 0 Å². The molecule has 0 saturated heterocycles. The van der Waals surface area contributed by atoms with Gasteiger partial charge in [0.15, 0.2) is 0 Å². The molecule has 0 atom stereocenters. The maximum absolute atomic E-state index is 12.4. The molecule has 1 amide bonds. The largest absolute Gasteiger partial charge is 0.322 e. The van der Waals surface area contributed by atoms with Gasteiger partial charge in [-0.15, -0.1) is 16.9 Å². The Morgan fingerprint density at radius 1 is 1.00 bits per heavy atom. The number of anilines is 1. The van der Waals surface area contributed by atoms with Gasteiger partial charge in [-0.05, 0) is 60.4 Å². The molecule has 0 aliphatic carbocycles. The van der Waals surface area contributed by atoms with E-state index in [0.29, 0.717) is 12.1 Å². The highest BCUT2D eigenvalue weighted by Crippen LogP contribution is 2.18. The molecule has 6 heteroatoms. The Hall–Kier alpha value is -3.12. The lowest BCUT2D eigenvalue weighted by atomic mass is 10.1. The molecule has 3 aromatic carbocycles. The summed E-state index contributed by atoms with van der Waals surface area (Å²) in [5, 5.41) is 11.3. The maximum atomic E-state index is 12.4. The zero-order valence-electron chi connectivity index (χ0n) is 14.8. The number of hydrogen-bond acceptors (Lipinski definition) is 4. The number of benzene rings is 3.